The van der Waals surface area contributed by atoms with Crippen molar-refractivity contribution in [3.8, 4) is 0 Å². The SMILES string of the molecule is O=C(O)O.O=C(O)O.O=C(O)O.O=P(O)(O)O. The Morgan fingerprint density at radius 2 is 0.588 bits per heavy atom. The lowest BCUT2D eigenvalue weighted by Crippen LogP contribution is -1.81. The van der Waals surface area contributed by atoms with Crippen LogP contribution >= 0.6 is 7.82 Å². The third-order valence-corrected chi connectivity index (χ3v) is 0. The van der Waals surface area contributed by atoms with Gasteiger partial charge in [-0.3, -0.25) is 0 Å². The van der Waals surface area contributed by atoms with Crippen molar-refractivity contribution in [2.75, 3.05) is 0 Å². The fourth-order valence-electron chi connectivity index (χ4n) is 0. The second kappa shape index (κ2) is 13.9. The summed E-state index contributed by atoms with van der Waals surface area (Å²) in [5.74, 6) is 0. The van der Waals surface area contributed by atoms with Crippen molar-refractivity contribution in [2.24, 2.45) is 0 Å². The minimum absolute atomic E-state index is 1.83. The summed E-state index contributed by atoms with van der Waals surface area (Å²) in [6.07, 6.45) is -5.50. The topological polar surface area (TPSA) is 250 Å². The van der Waals surface area contributed by atoms with Gasteiger partial charge in [-0.15, -0.1) is 0 Å². The highest BCUT2D eigenvalue weighted by Crippen LogP contribution is 2.25. The van der Waals surface area contributed by atoms with Crippen LogP contribution in [-0.4, -0.2) is 63.8 Å². The van der Waals surface area contributed by atoms with Gasteiger partial charge >= 0.3 is 26.3 Å². The fourth-order valence-corrected chi connectivity index (χ4v) is 0. The lowest BCUT2D eigenvalue weighted by Gasteiger charge is -1.82. The molecule has 0 aromatic carbocycles. The second-order valence-corrected chi connectivity index (χ2v) is 2.39. The predicted octanol–water partition coefficient (Wildman–Crippen LogP) is -0.261. The van der Waals surface area contributed by atoms with Crippen molar-refractivity contribution in [2.45, 2.75) is 0 Å². The number of carboxylic acid groups (broad SMARTS) is 6. The van der Waals surface area contributed by atoms with Crippen LogP contribution < -0.4 is 0 Å². The molecule has 9 N–H and O–H groups in total. The molecule has 0 bridgehead atoms. The first-order valence-electron chi connectivity index (χ1n) is 2.74. The summed E-state index contributed by atoms with van der Waals surface area (Å²) in [6.45, 7) is 0. The van der Waals surface area contributed by atoms with Crippen LogP contribution in [0, 0.1) is 0 Å². The average Bonchev–Trinajstić information content (AvgIpc) is 1.73. The molecule has 0 fully saturated rings. The summed E-state index contributed by atoms with van der Waals surface area (Å²) in [5, 5.41) is 41.8. The maximum Gasteiger partial charge on any atom is 0.503 e. The molecule has 0 aromatic rings. The van der Waals surface area contributed by atoms with Gasteiger partial charge in [-0.05, 0) is 0 Å². The van der Waals surface area contributed by atoms with E-state index in [4.69, 9.17) is 64.3 Å². The van der Waals surface area contributed by atoms with E-state index in [0.29, 0.717) is 0 Å². The van der Waals surface area contributed by atoms with Crippen LogP contribution in [0.3, 0.4) is 0 Å². The van der Waals surface area contributed by atoms with Crippen LogP contribution in [-0.2, 0) is 4.57 Å². The predicted molar refractivity (Wildman–Crippen MR) is 46.2 cm³/mol. The largest absolute Gasteiger partial charge is 0.503 e. The fraction of sp³-hybridized carbons (Fsp3) is 0. The van der Waals surface area contributed by atoms with Crippen LogP contribution in [0.5, 0.6) is 0 Å². The van der Waals surface area contributed by atoms with Crippen molar-refractivity contribution >= 4 is 26.3 Å². The third kappa shape index (κ3) is 457. The Bertz CT molecular complexity index is 213. The quantitative estimate of drug-likeness (QED) is 0.260. The highest BCUT2D eigenvalue weighted by molar-refractivity contribution is 7.45. The van der Waals surface area contributed by atoms with E-state index in [9.17, 15) is 0 Å². The summed E-state index contributed by atoms with van der Waals surface area (Å²) in [7, 11) is -4.64. The monoisotopic (exact) mass is 284 g/mol. The molecular formula is C3H9O13P. The number of phosphoric acid groups is 1. The Hall–Kier alpha value is -2.08. The molecule has 0 amide bonds. The van der Waals surface area contributed by atoms with Crippen molar-refractivity contribution in [3.63, 3.8) is 0 Å². The maximum atomic E-state index is 8.88. The summed E-state index contributed by atoms with van der Waals surface area (Å²) in [5.41, 5.74) is 0. The number of hydrogen-bond donors (Lipinski definition) is 9. The lowest BCUT2D eigenvalue weighted by atomic mass is 11.5. The van der Waals surface area contributed by atoms with E-state index in [2.05, 4.69) is 0 Å². The van der Waals surface area contributed by atoms with Crippen LogP contribution in [0.1, 0.15) is 0 Å². The van der Waals surface area contributed by atoms with E-state index >= 15 is 0 Å². The standard InChI is InChI=1S/3CH2O3.H3O4P/c3*2-1(3)4;1-5(2,3)4/h3*(H2,2,3,4);(H3,1,2,3,4). The Morgan fingerprint density at radius 3 is 0.588 bits per heavy atom. The van der Waals surface area contributed by atoms with Crippen molar-refractivity contribution in [1.82, 2.24) is 0 Å². The minimum Gasteiger partial charge on any atom is -0.450 e. The zero-order chi connectivity index (χ0) is 15.2. The first-order chi connectivity index (χ1) is 7.20. The molecule has 13 nitrogen and oxygen atoms in total. The molecule has 0 aliphatic rings. The van der Waals surface area contributed by atoms with E-state index < -0.39 is 26.3 Å². The summed E-state index contributed by atoms with van der Waals surface area (Å²) in [6, 6.07) is 0. The van der Waals surface area contributed by atoms with E-state index in [1.54, 1.807) is 0 Å². The van der Waals surface area contributed by atoms with Crippen LogP contribution in [0.15, 0.2) is 0 Å². The van der Waals surface area contributed by atoms with Crippen LogP contribution in [0.4, 0.5) is 14.4 Å². The molecule has 104 valence electrons. The Balaban J connectivity index is -0.0000000667. The smallest absolute Gasteiger partial charge is 0.450 e. The van der Waals surface area contributed by atoms with E-state index in [0.717, 1.165) is 0 Å². The van der Waals surface area contributed by atoms with E-state index in [1.165, 1.54) is 0 Å². The molecule has 0 saturated carbocycles. The average molecular weight is 284 g/mol. The zero-order valence-electron chi connectivity index (χ0n) is 7.61. The molecule has 0 saturated heterocycles. The number of carbonyl (C=O) groups is 3. The van der Waals surface area contributed by atoms with Gasteiger partial charge in [0.25, 0.3) is 0 Å². The van der Waals surface area contributed by atoms with Gasteiger partial charge in [0, 0.05) is 0 Å². The van der Waals surface area contributed by atoms with Gasteiger partial charge in [0.1, 0.15) is 0 Å². The Morgan fingerprint density at radius 1 is 0.588 bits per heavy atom. The van der Waals surface area contributed by atoms with Crippen molar-refractivity contribution < 1.29 is 64.3 Å². The summed E-state index contributed by atoms with van der Waals surface area (Å²) < 4.78 is 8.88. The molecule has 14 heteroatoms. The molecule has 0 heterocycles. The van der Waals surface area contributed by atoms with Gasteiger partial charge in [-0.25, -0.2) is 18.9 Å². The molecule has 0 aliphatic heterocycles. The zero-order valence-corrected chi connectivity index (χ0v) is 8.50. The van der Waals surface area contributed by atoms with Crippen molar-refractivity contribution in [1.29, 1.82) is 0 Å². The molecule has 0 aromatic heterocycles. The third-order valence-electron chi connectivity index (χ3n) is 0. The first-order valence-corrected chi connectivity index (χ1v) is 4.30. The van der Waals surface area contributed by atoms with E-state index in [-0.39, 0.29) is 0 Å². The molecule has 0 aliphatic carbocycles. The number of hydrogen-bond acceptors (Lipinski definition) is 4. The highest BCUT2D eigenvalue weighted by Gasteiger charge is 2.00. The van der Waals surface area contributed by atoms with E-state index in [1.807, 2.05) is 0 Å². The molecule has 0 radical (unpaired) electrons. The highest BCUT2D eigenvalue weighted by atomic mass is 31.2. The first kappa shape index (κ1) is 24.2. The summed E-state index contributed by atoms with van der Waals surface area (Å²) >= 11 is 0. The molecule has 0 unspecified atom stereocenters. The van der Waals surface area contributed by atoms with Gasteiger partial charge in [0.15, 0.2) is 0 Å². The lowest BCUT2D eigenvalue weighted by molar-refractivity contribution is 0.135. The summed E-state index contributed by atoms with van der Waals surface area (Å²) in [4.78, 5) is 47.2. The maximum absolute atomic E-state index is 8.88. The molecular weight excluding hydrogens is 275 g/mol. The molecule has 17 heavy (non-hydrogen) atoms. The number of rotatable bonds is 0. The van der Waals surface area contributed by atoms with Gasteiger partial charge in [-0.1, -0.05) is 0 Å². The van der Waals surface area contributed by atoms with Crippen LogP contribution in [0.2, 0.25) is 0 Å². The molecule has 0 atom stereocenters. The van der Waals surface area contributed by atoms with Gasteiger partial charge in [-0.2, -0.15) is 0 Å². The van der Waals surface area contributed by atoms with Crippen molar-refractivity contribution in [3.05, 3.63) is 0 Å². The minimum atomic E-state index is -4.64. The van der Waals surface area contributed by atoms with Gasteiger partial charge in [0.05, 0.1) is 0 Å². The molecule has 0 spiro atoms. The normalized spacial score (nSPS) is 7.71. The second-order valence-electron chi connectivity index (χ2n) is 1.36. The molecule has 0 rings (SSSR count). The van der Waals surface area contributed by atoms with Gasteiger partial charge < -0.3 is 45.3 Å². The Labute approximate surface area is 91.7 Å². The Kier molecular flexibility index (Phi) is 19.9. The van der Waals surface area contributed by atoms with Gasteiger partial charge in [0.2, 0.25) is 0 Å². The van der Waals surface area contributed by atoms with Crippen LogP contribution in [0.25, 0.3) is 0 Å².